The molecule has 0 aliphatic heterocycles. The van der Waals surface area contributed by atoms with E-state index in [9.17, 15) is 4.79 Å². The maximum Gasteiger partial charge on any atom is 0.250 e. The van der Waals surface area contributed by atoms with E-state index in [1.165, 1.54) is 18.0 Å². The molecule has 1 aromatic heterocycles. The molecule has 0 spiro atoms. The average molecular weight is 582 g/mol. The van der Waals surface area contributed by atoms with Gasteiger partial charge in [-0.25, -0.2) is 5.43 Å². The summed E-state index contributed by atoms with van der Waals surface area (Å²) in [6.45, 7) is 0. The molecule has 0 saturated heterocycles. The van der Waals surface area contributed by atoms with Crippen LogP contribution in [0.3, 0.4) is 0 Å². The van der Waals surface area contributed by atoms with E-state index in [1.54, 1.807) is 33.5 Å². The van der Waals surface area contributed by atoms with Crippen molar-refractivity contribution in [2.75, 3.05) is 27.1 Å². The number of hydrogen-bond acceptors (Lipinski definition) is 8. The summed E-state index contributed by atoms with van der Waals surface area (Å²) in [5.41, 5.74) is 4.97. The lowest BCUT2D eigenvalue weighted by Gasteiger charge is -2.11. The van der Waals surface area contributed by atoms with Gasteiger partial charge in [-0.1, -0.05) is 58.0 Å². The molecule has 0 saturated carbocycles. The zero-order valence-electron chi connectivity index (χ0n) is 20.3. The first-order valence-corrected chi connectivity index (χ1v) is 12.8. The van der Waals surface area contributed by atoms with Crippen LogP contribution in [0.25, 0.3) is 17.1 Å². The third-order valence-corrected chi connectivity index (χ3v) is 6.67. The number of para-hydroxylation sites is 1. The van der Waals surface area contributed by atoms with Gasteiger partial charge in [0.25, 0.3) is 5.91 Å². The van der Waals surface area contributed by atoms with Crippen LogP contribution in [-0.2, 0) is 4.79 Å². The fraction of sp³-hybridized carbons (Fsp3) is 0.154. The minimum Gasteiger partial charge on any atom is -0.496 e. The molecule has 1 amide bonds. The number of amides is 1. The SMILES string of the molecule is COc1cc(OC)c(OC)cc1/C=N\NC(=O)CSc1nnc(-c2ccc(Br)cc2)n1-c1ccccc1. The number of thioether (sulfide) groups is 1. The molecule has 9 nitrogen and oxygen atoms in total. The van der Waals surface area contributed by atoms with E-state index in [-0.39, 0.29) is 11.7 Å². The number of nitrogens with one attached hydrogen (secondary N) is 1. The third kappa shape index (κ3) is 6.30. The molecule has 0 atom stereocenters. The molecular weight excluding hydrogens is 558 g/mol. The molecule has 1 heterocycles. The van der Waals surface area contributed by atoms with E-state index in [2.05, 4.69) is 36.7 Å². The van der Waals surface area contributed by atoms with Gasteiger partial charge in [0, 0.05) is 27.4 Å². The van der Waals surface area contributed by atoms with Crippen LogP contribution in [0, 0.1) is 0 Å². The zero-order valence-corrected chi connectivity index (χ0v) is 22.7. The molecule has 11 heteroatoms. The van der Waals surface area contributed by atoms with Crippen molar-refractivity contribution in [3.8, 4) is 34.3 Å². The minimum atomic E-state index is -0.298. The fourth-order valence-electron chi connectivity index (χ4n) is 3.45. The monoisotopic (exact) mass is 581 g/mol. The van der Waals surface area contributed by atoms with Crippen LogP contribution in [0.5, 0.6) is 17.2 Å². The Kier molecular flexibility index (Phi) is 8.81. The molecule has 0 bridgehead atoms. The molecule has 4 aromatic rings. The predicted octanol–water partition coefficient (Wildman–Crippen LogP) is 4.97. The van der Waals surface area contributed by atoms with Crippen molar-refractivity contribution in [2.24, 2.45) is 5.10 Å². The van der Waals surface area contributed by atoms with Crippen molar-refractivity contribution in [3.63, 3.8) is 0 Å². The molecule has 3 aromatic carbocycles. The fourth-order valence-corrected chi connectivity index (χ4v) is 4.46. The van der Waals surface area contributed by atoms with Crippen molar-refractivity contribution < 1.29 is 19.0 Å². The number of nitrogens with zero attached hydrogens (tertiary/aromatic N) is 4. The van der Waals surface area contributed by atoms with Crippen molar-refractivity contribution in [1.29, 1.82) is 0 Å². The molecule has 1 N–H and O–H groups in total. The Labute approximate surface area is 227 Å². The standard InChI is InChI=1S/C26H24BrN5O4S/c1-34-21-14-23(36-3)22(35-2)13-18(21)15-28-29-24(33)16-37-26-31-30-25(17-9-11-19(27)12-10-17)32(26)20-7-5-4-6-8-20/h4-15H,16H2,1-3H3,(H,29,33)/b28-15-. The third-order valence-electron chi connectivity index (χ3n) is 5.21. The molecule has 190 valence electrons. The second-order valence-electron chi connectivity index (χ2n) is 7.52. The number of methoxy groups -OCH3 is 3. The largest absolute Gasteiger partial charge is 0.496 e. The highest BCUT2D eigenvalue weighted by atomic mass is 79.9. The first-order valence-electron chi connectivity index (χ1n) is 11.1. The lowest BCUT2D eigenvalue weighted by molar-refractivity contribution is -0.118. The lowest BCUT2D eigenvalue weighted by Crippen LogP contribution is -2.20. The maximum absolute atomic E-state index is 12.6. The Morgan fingerprint density at radius 2 is 1.65 bits per heavy atom. The molecule has 0 unspecified atom stereocenters. The lowest BCUT2D eigenvalue weighted by atomic mass is 10.2. The van der Waals surface area contributed by atoms with Gasteiger partial charge < -0.3 is 14.2 Å². The molecule has 37 heavy (non-hydrogen) atoms. The molecule has 4 rings (SSSR count). The van der Waals surface area contributed by atoms with Crippen LogP contribution in [-0.4, -0.2) is 54.0 Å². The van der Waals surface area contributed by atoms with Gasteiger partial charge in [-0.3, -0.25) is 9.36 Å². The van der Waals surface area contributed by atoms with Crippen molar-refractivity contribution in [3.05, 3.63) is 76.8 Å². The number of ether oxygens (including phenoxy) is 3. The number of hydrogen-bond donors (Lipinski definition) is 1. The van der Waals surface area contributed by atoms with Crippen LogP contribution in [0.4, 0.5) is 0 Å². The van der Waals surface area contributed by atoms with E-state index in [0.29, 0.717) is 33.8 Å². The topological polar surface area (TPSA) is 99.9 Å². The predicted molar refractivity (Wildman–Crippen MR) is 147 cm³/mol. The number of benzene rings is 3. The first-order chi connectivity index (χ1) is 18.0. The van der Waals surface area contributed by atoms with E-state index in [4.69, 9.17) is 14.2 Å². The van der Waals surface area contributed by atoms with Crippen LogP contribution in [0.2, 0.25) is 0 Å². The molecular formula is C26H24BrN5O4S. The number of halogens is 1. The molecule has 0 aliphatic carbocycles. The van der Waals surface area contributed by atoms with Crippen LogP contribution in [0.15, 0.2) is 81.5 Å². The van der Waals surface area contributed by atoms with E-state index in [0.717, 1.165) is 15.7 Å². The highest BCUT2D eigenvalue weighted by Gasteiger charge is 2.17. The summed E-state index contributed by atoms with van der Waals surface area (Å²) >= 11 is 4.73. The zero-order chi connectivity index (χ0) is 26.2. The van der Waals surface area contributed by atoms with Gasteiger partial charge in [-0.2, -0.15) is 5.10 Å². The normalized spacial score (nSPS) is 10.9. The van der Waals surface area contributed by atoms with Crippen molar-refractivity contribution >= 4 is 39.8 Å². The van der Waals surface area contributed by atoms with Crippen molar-refractivity contribution in [2.45, 2.75) is 5.16 Å². The van der Waals surface area contributed by atoms with E-state index >= 15 is 0 Å². The summed E-state index contributed by atoms with van der Waals surface area (Å²) in [6.07, 6.45) is 1.49. The van der Waals surface area contributed by atoms with Gasteiger partial charge in [-0.15, -0.1) is 10.2 Å². The summed E-state index contributed by atoms with van der Waals surface area (Å²) < 4.78 is 18.9. The number of carbonyl (C=O) groups excluding carboxylic acids is 1. The number of hydrazone groups is 1. The molecule has 0 fully saturated rings. The smallest absolute Gasteiger partial charge is 0.250 e. The van der Waals surface area contributed by atoms with Gasteiger partial charge in [0.05, 0.1) is 33.3 Å². The van der Waals surface area contributed by atoms with Gasteiger partial charge in [-0.05, 0) is 30.3 Å². The maximum atomic E-state index is 12.6. The van der Waals surface area contributed by atoms with Gasteiger partial charge >= 0.3 is 0 Å². The van der Waals surface area contributed by atoms with Crippen LogP contribution in [0.1, 0.15) is 5.56 Å². The average Bonchev–Trinajstić information content (AvgIpc) is 3.36. The number of aromatic nitrogens is 3. The van der Waals surface area contributed by atoms with E-state index < -0.39 is 0 Å². The summed E-state index contributed by atoms with van der Waals surface area (Å²) in [7, 11) is 4.63. The Balaban J connectivity index is 1.48. The number of carbonyl (C=O) groups is 1. The second-order valence-corrected chi connectivity index (χ2v) is 9.37. The van der Waals surface area contributed by atoms with E-state index in [1.807, 2.05) is 59.2 Å². The first kappa shape index (κ1) is 26.2. The van der Waals surface area contributed by atoms with Crippen LogP contribution < -0.4 is 19.6 Å². The summed E-state index contributed by atoms with van der Waals surface area (Å²) in [5.74, 6) is 2.05. The second kappa shape index (κ2) is 12.4. The summed E-state index contributed by atoms with van der Waals surface area (Å²) in [6, 6.07) is 21.0. The quantitative estimate of drug-likeness (QED) is 0.160. The van der Waals surface area contributed by atoms with Crippen molar-refractivity contribution in [1.82, 2.24) is 20.2 Å². The molecule has 0 radical (unpaired) electrons. The van der Waals surface area contributed by atoms with Gasteiger partial charge in [0.1, 0.15) is 5.75 Å². The molecule has 0 aliphatic rings. The van der Waals surface area contributed by atoms with Gasteiger partial charge in [0.2, 0.25) is 0 Å². The Morgan fingerprint density at radius 1 is 0.973 bits per heavy atom. The highest BCUT2D eigenvalue weighted by Crippen LogP contribution is 2.34. The summed E-state index contributed by atoms with van der Waals surface area (Å²) in [4.78, 5) is 12.6. The van der Waals surface area contributed by atoms with Gasteiger partial charge in [0.15, 0.2) is 22.5 Å². The minimum absolute atomic E-state index is 0.0890. The number of rotatable bonds is 10. The Hall–Kier alpha value is -3.83. The Morgan fingerprint density at radius 3 is 2.32 bits per heavy atom. The summed E-state index contributed by atoms with van der Waals surface area (Å²) in [5, 5.41) is 13.4. The Bertz CT molecular complexity index is 1390. The van der Waals surface area contributed by atoms with Crippen LogP contribution >= 0.6 is 27.7 Å². The highest BCUT2D eigenvalue weighted by molar-refractivity contribution is 9.10.